The lowest BCUT2D eigenvalue weighted by Crippen LogP contribution is -2.61. The average Bonchev–Trinajstić information content (AvgIpc) is 1.58. The first-order valence-corrected chi connectivity index (χ1v) is 34.2. The Morgan fingerprint density at radius 1 is 0.650 bits per heavy atom. The van der Waals surface area contributed by atoms with E-state index in [1.807, 2.05) is 0 Å². The molecule has 2 aromatic rings. The summed E-state index contributed by atoms with van der Waals surface area (Å²) in [6.45, 7) is 2.20. The number of unbranched alkanes of at least 4 members (excludes halogenated alkanes) is 1. The fourth-order valence-corrected chi connectivity index (χ4v) is 12.8. The van der Waals surface area contributed by atoms with Crippen LogP contribution in [-0.4, -0.2) is 232 Å². The van der Waals surface area contributed by atoms with Gasteiger partial charge in [-0.3, -0.25) is 67.1 Å². The van der Waals surface area contributed by atoms with Gasteiger partial charge in [0.15, 0.2) is 0 Å². The van der Waals surface area contributed by atoms with Crippen LogP contribution in [0.3, 0.4) is 0 Å². The number of hydrogen-bond donors (Lipinski definition) is 18. The van der Waals surface area contributed by atoms with E-state index in [1.165, 1.54) is 45.0 Å². The molecule has 2 heterocycles. The minimum absolute atomic E-state index is 0.00340. The number of phenolic OH excluding ortho intramolecular Hbond substituents is 1. The van der Waals surface area contributed by atoms with Crippen LogP contribution in [0, 0.1) is 0 Å². The number of rotatable bonds is 29. The topological polar surface area (TPSA) is 588 Å². The van der Waals surface area contributed by atoms with Crippen LogP contribution in [0.4, 0.5) is 4.79 Å². The number of phenols is 1. The van der Waals surface area contributed by atoms with Gasteiger partial charge in [-0.25, -0.2) is 9.59 Å². The quantitative estimate of drug-likeness (QED) is 0.0337. The van der Waals surface area contributed by atoms with E-state index in [0.29, 0.717) is 24.0 Å². The van der Waals surface area contributed by atoms with E-state index in [2.05, 4.69) is 58.5 Å². The van der Waals surface area contributed by atoms with Crippen molar-refractivity contribution in [2.75, 3.05) is 56.5 Å². The van der Waals surface area contributed by atoms with E-state index < -0.39 is 223 Å². The monoisotopic (exact) mass is 1440 g/mol. The van der Waals surface area contributed by atoms with E-state index in [0.717, 1.165) is 28.4 Å². The third kappa shape index (κ3) is 30.1. The van der Waals surface area contributed by atoms with Crippen molar-refractivity contribution in [1.82, 2.24) is 63.4 Å². The third-order valence-electron chi connectivity index (χ3n) is 15.0. The number of nitrogens with one attached hydrogen (secondary N) is 11. The summed E-state index contributed by atoms with van der Waals surface area (Å²) in [5.74, 6) is -16.9. The molecule has 0 saturated carbocycles. The molecule has 2 fully saturated rings. The first kappa shape index (κ1) is 82.6. The second kappa shape index (κ2) is 41.6. The highest BCUT2D eigenvalue weighted by Crippen LogP contribution is 2.27. The van der Waals surface area contributed by atoms with Crippen LogP contribution >= 0.6 is 23.5 Å². The molecule has 2 aliphatic rings. The molecular weight excluding hydrogens is 1350 g/mol. The van der Waals surface area contributed by atoms with Gasteiger partial charge in [-0.15, -0.1) is 0 Å². The number of benzene rings is 2. The molecule has 23 N–H and O–H groups in total. The second-order valence-electron chi connectivity index (χ2n) is 24.4. The number of carboxylic acid groups (broad SMARTS) is 1. The number of nitrogens with zero attached hydrogens (tertiary/aromatic N) is 1. The number of amides is 15. The molecule has 0 radical (unpaired) electrons. The summed E-state index contributed by atoms with van der Waals surface area (Å²) in [7, 11) is 0. The van der Waals surface area contributed by atoms with Gasteiger partial charge >= 0.3 is 12.1 Å². The summed E-state index contributed by atoms with van der Waals surface area (Å²) in [6, 6.07) is -1.48. The molecule has 36 nitrogen and oxygen atoms in total. The summed E-state index contributed by atoms with van der Waals surface area (Å²) in [4.78, 5) is 220. The van der Waals surface area contributed by atoms with Crippen molar-refractivity contribution < 1.29 is 91.7 Å². The maximum Gasteiger partial charge on any atom is 0.408 e. The summed E-state index contributed by atoms with van der Waals surface area (Å²) < 4.78 is 5.37. The van der Waals surface area contributed by atoms with E-state index >= 15 is 4.79 Å². The van der Waals surface area contributed by atoms with Crippen molar-refractivity contribution in [3.8, 4) is 5.75 Å². The average molecular weight is 1440 g/mol. The van der Waals surface area contributed by atoms with Gasteiger partial charge in [0.05, 0.1) is 32.6 Å². The number of likely N-dealkylation sites (tertiary alicyclic amines) is 1. The Kier molecular flexibility index (Phi) is 34.3. The Hall–Kier alpha value is -9.82. The maximum absolute atomic E-state index is 15.3. The minimum atomic E-state index is -2.00. The Labute approximate surface area is 584 Å². The first-order chi connectivity index (χ1) is 47.2. The minimum Gasteiger partial charge on any atom is -0.508 e. The summed E-state index contributed by atoms with van der Waals surface area (Å²) >= 11 is 1.70. The fourth-order valence-electron chi connectivity index (χ4n) is 10.1. The Balaban J connectivity index is 1.97. The fraction of sp³-hybridized carbons (Fsp3) is 0.548. The molecule has 1 unspecified atom stereocenters. The molecule has 0 aliphatic carbocycles. The Morgan fingerprint density at radius 3 is 1.84 bits per heavy atom. The van der Waals surface area contributed by atoms with Gasteiger partial charge < -0.3 is 107 Å². The number of aromatic hydroxyl groups is 1. The lowest BCUT2D eigenvalue weighted by Gasteiger charge is -2.32. The number of alkyl carbamates (subject to hydrolysis) is 1. The summed E-state index contributed by atoms with van der Waals surface area (Å²) in [6.07, 6.45) is -3.52. The van der Waals surface area contributed by atoms with Gasteiger partial charge in [0, 0.05) is 48.3 Å². The molecule has 0 aromatic heterocycles. The molecule has 0 bridgehead atoms. The standard InChI is InChI=1S/C62H91N17O19S2/c1-62(2,3)98-61(97)78-42(60(95)96)24-36-30-99-31-43(71-51(86)29-69-50(85)28-68-49(84)26-64)57(92)75-40(23-34-14-16-35(80)17-15-34)55(90)74-39(22-33-10-5-4-6-11-33)54(89)72-38(18-19-46(65)81)53(88)76-41(25-47(66)82)56(91)77-44(32-100-36)59(94)79-21-9-13-45(79)58(93)73-37(12-7-8-20-63)52(87)70-27-48(67)83/h4-6,10-11,14-17,36-45,80H,7-9,12-13,18-32,63-64H2,1-3H3,(H2,65,81)(H2,66,82)(H2,67,83)(H,68,84)(H,69,85)(H,70,87)(H,71,86)(H,72,89)(H,73,93)(H,74,90)(H,75,92)(H,76,88)(H,77,91)(H,78,97)(H,95,96)/t36?,37-,38-,39-,40-,41-,42-,43-,44-,45-/m0/s1. The predicted octanol–water partition coefficient (Wildman–Crippen LogP) is -6.16. The molecule has 550 valence electrons. The van der Waals surface area contributed by atoms with Gasteiger partial charge in [-0.2, -0.15) is 23.5 Å². The number of aliphatic carboxylic acids is 1. The van der Waals surface area contributed by atoms with Crippen LogP contribution in [-0.2, 0) is 89.5 Å². The van der Waals surface area contributed by atoms with Crippen LogP contribution in [0.1, 0.15) is 89.7 Å². The number of carbonyl (C=O) groups excluding carboxylic acids is 15. The smallest absolute Gasteiger partial charge is 0.408 e. The lowest BCUT2D eigenvalue weighted by molar-refractivity contribution is -0.142. The highest BCUT2D eigenvalue weighted by Gasteiger charge is 2.42. The van der Waals surface area contributed by atoms with Crippen molar-refractivity contribution in [2.45, 2.75) is 157 Å². The van der Waals surface area contributed by atoms with Gasteiger partial charge in [0.25, 0.3) is 0 Å². The van der Waals surface area contributed by atoms with Crippen molar-refractivity contribution >= 4 is 118 Å². The molecule has 2 saturated heterocycles. The lowest BCUT2D eigenvalue weighted by atomic mass is 10.0. The number of ether oxygens (including phenoxy) is 1. The number of thioether (sulfide) groups is 2. The van der Waals surface area contributed by atoms with Crippen LogP contribution in [0.15, 0.2) is 54.6 Å². The number of carbonyl (C=O) groups is 16. The predicted molar refractivity (Wildman–Crippen MR) is 362 cm³/mol. The maximum atomic E-state index is 15.3. The molecule has 38 heteroatoms. The highest BCUT2D eigenvalue weighted by molar-refractivity contribution is 8.03. The van der Waals surface area contributed by atoms with Gasteiger partial charge in [-0.1, -0.05) is 42.5 Å². The molecule has 100 heavy (non-hydrogen) atoms. The molecular formula is C62H91N17O19S2. The zero-order valence-electron chi connectivity index (χ0n) is 55.6. The van der Waals surface area contributed by atoms with E-state index in [9.17, 15) is 82.1 Å². The van der Waals surface area contributed by atoms with Crippen molar-refractivity contribution in [1.29, 1.82) is 0 Å². The number of primary amides is 3. The number of hydrogen-bond acceptors (Lipinski definition) is 22. The van der Waals surface area contributed by atoms with E-state index in [1.54, 1.807) is 30.3 Å². The molecule has 2 aromatic carbocycles. The summed E-state index contributed by atoms with van der Waals surface area (Å²) in [5, 5.41) is 46.7. The van der Waals surface area contributed by atoms with Crippen LogP contribution in [0.5, 0.6) is 5.75 Å². The normalized spacial score (nSPS) is 21.1. The molecule has 4 rings (SSSR count). The number of carboxylic acids is 1. The van der Waals surface area contributed by atoms with E-state index in [-0.39, 0.29) is 56.7 Å². The molecule has 15 amide bonds. The largest absolute Gasteiger partial charge is 0.508 e. The van der Waals surface area contributed by atoms with Crippen LogP contribution in [0.2, 0.25) is 0 Å². The van der Waals surface area contributed by atoms with E-state index in [4.69, 9.17) is 33.4 Å². The number of nitrogens with two attached hydrogens (primary N) is 5. The van der Waals surface area contributed by atoms with Gasteiger partial charge in [0.2, 0.25) is 82.7 Å². The van der Waals surface area contributed by atoms with Gasteiger partial charge in [-0.05, 0) is 95.5 Å². The van der Waals surface area contributed by atoms with Crippen molar-refractivity contribution in [2.24, 2.45) is 28.7 Å². The zero-order valence-corrected chi connectivity index (χ0v) is 57.2. The summed E-state index contributed by atoms with van der Waals surface area (Å²) in [5.41, 5.74) is 27.1. The molecule has 0 spiro atoms. The van der Waals surface area contributed by atoms with Gasteiger partial charge in [0.1, 0.15) is 65.7 Å². The highest BCUT2D eigenvalue weighted by atomic mass is 32.2. The first-order valence-electron chi connectivity index (χ1n) is 32.0. The zero-order chi connectivity index (χ0) is 74.2. The molecule has 10 atom stereocenters. The SMILES string of the molecule is CC(C)(C)OC(=O)N[C@@H](CC1CSC[C@H](NC(=O)CNC(=O)CNC(=O)CN)C(=O)N[C@@H](Cc2ccc(O)cc2)C(=O)N[C@@H](Cc2ccccc2)C(=O)N[C@@H](CCC(N)=O)C(=O)N[C@@H](CC(N)=O)C(=O)N[C@H](C(=O)N2CCC[C@H]2C(=O)N[C@@H](CCCCN)C(=O)NCC(N)=O)CS1)C(=O)O. The van der Waals surface area contributed by atoms with Crippen LogP contribution < -0.4 is 87.2 Å². The second-order valence-corrected chi connectivity index (χ2v) is 26.8. The molecule has 2 aliphatic heterocycles. The van der Waals surface area contributed by atoms with Crippen molar-refractivity contribution in [3.05, 3.63) is 65.7 Å². The third-order valence-corrected chi connectivity index (χ3v) is 17.8. The Morgan fingerprint density at radius 2 is 1.24 bits per heavy atom. The van der Waals surface area contributed by atoms with Crippen LogP contribution in [0.25, 0.3) is 0 Å². The van der Waals surface area contributed by atoms with Crippen molar-refractivity contribution in [3.63, 3.8) is 0 Å². The Bertz CT molecular complexity index is 3240.